The van der Waals surface area contributed by atoms with Crippen molar-refractivity contribution >= 4 is 0 Å². The van der Waals surface area contributed by atoms with Crippen LogP contribution in [0.3, 0.4) is 0 Å². The lowest BCUT2D eigenvalue weighted by Gasteiger charge is -2.17. The van der Waals surface area contributed by atoms with Crippen molar-refractivity contribution in [1.29, 1.82) is 0 Å². The van der Waals surface area contributed by atoms with Gasteiger partial charge in [0.15, 0.2) is 0 Å². The Morgan fingerprint density at radius 1 is 0.941 bits per heavy atom. The largest absolute Gasteiger partial charge is 0.326 e. The van der Waals surface area contributed by atoms with Crippen molar-refractivity contribution in [2.24, 2.45) is 11.7 Å². The van der Waals surface area contributed by atoms with Gasteiger partial charge >= 0.3 is 0 Å². The highest BCUT2D eigenvalue weighted by Gasteiger charge is 2.08. The molecule has 0 heterocycles. The fourth-order valence-electron chi connectivity index (χ4n) is 1.95. The minimum absolute atomic E-state index is 0.00146. The maximum Gasteiger partial charge on any atom is 0.00975 e. The van der Waals surface area contributed by atoms with E-state index >= 15 is 0 Å². The van der Waals surface area contributed by atoms with Crippen LogP contribution in [0.1, 0.15) is 72.6 Å². The molecular weight excluding hydrogens is 208 g/mol. The smallest absolute Gasteiger partial charge is 0.00975 e. The van der Waals surface area contributed by atoms with Crippen LogP contribution in [0.2, 0.25) is 0 Å². The van der Waals surface area contributed by atoms with Gasteiger partial charge in [-0.15, -0.1) is 0 Å². The standard InChI is InChI=1S/C15H34N2/c1-14(2)10-7-5-6-8-12-17-13-9-11-15(3,4)16/h14,17H,5-13,16H2,1-4H3. The molecular formula is C15H34N2. The van der Waals surface area contributed by atoms with E-state index in [1.165, 1.54) is 45.1 Å². The highest BCUT2D eigenvalue weighted by molar-refractivity contribution is 4.71. The van der Waals surface area contributed by atoms with E-state index in [2.05, 4.69) is 33.0 Å². The molecule has 0 spiro atoms. The summed E-state index contributed by atoms with van der Waals surface area (Å²) in [5.41, 5.74) is 5.93. The summed E-state index contributed by atoms with van der Waals surface area (Å²) in [6.07, 6.45) is 9.19. The molecule has 2 heteroatoms. The van der Waals surface area contributed by atoms with E-state index in [1.54, 1.807) is 0 Å². The minimum Gasteiger partial charge on any atom is -0.326 e. The third-order valence-electron chi connectivity index (χ3n) is 3.06. The Labute approximate surface area is 109 Å². The molecule has 0 aromatic heterocycles. The average Bonchev–Trinajstić information content (AvgIpc) is 2.18. The minimum atomic E-state index is -0.00146. The SMILES string of the molecule is CC(C)CCCCCCNCCCC(C)(C)N. The molecule has 0 atom stereocenters. The van der Waals surface area contributed by atoms with Gasteiger partial charge in [-0.05, 0) is 52.1 Å². The van der Waals surface area contributed by atoms with Gasteiger partial charge in [0, 0.05) is 5.54 Å². The van der Waals surface area contributed by atoms with Gasteiger partial charge in [-0.1, -0.05) is 39.5 Å². The molecule has 0 aliphatic carbocycles. The van der Waals surface area contributed by atoms with Gasteiger partial charge in [-0.25, -0.2) is 0 Å². The predicted molar refractivity (Wildman–Crippen MR) is 78.3 cm³/mol. The van der Waals surface area contributed by atoms with E-state index in [4.69, 9.17) is 5.73 Å². The van der Waals surface area contributed by atoms with Crippen molar-refractivity contribution in [3.05, 3.63) is 0 Å². The summed E-state index contributed by atoms with van der Waals surface area (Å²) < 4.78 is 0. The lowest BCUT2D eigenvalue weighted by Crippen LogP contribution is -2.32. The predicted octanol–water partition coefficient (Wildman–Crippen LogP) is 3.70. The first-order chi connectivity index (χ1) is 7.92. The van der Waals surface area contributed by atoms with Gasteiger partial charge in [0.2, 0.25) is 0 Å². The molecule has 0 saturated carbocycles. The number of nitrogens with two attached hydrogens (primary N) is 1. The summed E-state index contributed by atoms with van der Waals surface area (Å²) in [5.74, 6) is 0.868. The van der Waals surface area contributed by atoms with Crippen LogP contribution in [0.5, 0.6) is 0 Å². The number of hydrogen-bond donors (Lipinski definition) is 2. The summed E-state index contributed by atoms with van der Waals surface area (Å²) in [6, 6.07) is 0. The van der Waals surface area contributed by atoms with E-state index in [-0.39, 0.29) is 5.54 Å². The molecule has 0 unspecified atom stereocenters. The molecule has 3 N–H and O–H groups in total. The van der Waals surface area contributed by atoms with Gasteiger partial charge in [-0.3, -0.25) is 0 Å². The fraction of sp³-hybridized carbons (Fsp3) is 1.00. The molecule has 0 aromatic rings. The molecule has 17 heavy (non-hydrogen) atoms. The van der Waals surface area contributed by atoms with Gasteiger partial charge in [0.05, 0.1) is 0 Å². The monoisotopic (exact) mass is 242 g/mol. The molecule has 0 aliphatic rings. The van der Waals surface area contributed by atoms with E-state index in [0.29, 0.717) is 0 Å². The van der Waals surface area contributed by atoms with E-state index < -0.39 is 0 Å². The lowest BCUT2D eigenvalue weighted by molar-refractivity contribution is 0.445. The van der Waals surface area contributed by atoms with Gasteiger partial charge in [0.25, 0.3) is 0 Å². The van der Waals surface area contributed by atoms with Crippen molar-refractivity contribution in [3.63, 3.8) is 0 Å². The Morgan fingerprint density at radius 2 is 1.53 bits per heavy atom. The maximum absolute atomic E-state index is 5.93. The number of unbranched alkanes of at least 4 members (excludes halogenated alkanes) is 3. The summed E-state index contributed by atoms with van der Waals surface area (Å²) in [7, 11) is 0. The third kappa shape index (κ3) is 15.9. The molecule has 0 saturated heterocycles. The van der Waals surface area contributed by atoms with Crippen LogP contribution in [0.25, 0.3) is 0 Å². The summed E-state index contributed by atoms with van der Waals surface area (Å²) in [5, 5.41) is 3.50. The molecule has 104 valence electrons. The van der Waals surface area contributed by atoms with Crippen LogP contribution in [-0.2, 0) is 0 Å². The molecule has 0 aliphatic heterocycles. The zero-order chi connectivity index (χ0) is 13.1. The van der Waals surface area contributed by atoms with Crippen LogP contribution in [0, 0.1) is 5.92 Å². The first kappa shape index (κ1) is 16.9. The molecule has 0 bridgehead atoms. The molecule has 0 radical (unpaired) electrons. The Morgan fingerprint density at radius 3 is 2.12 bits per heavy atom. The number of nitrogens with one attached hydrogen (secondary N) is 1. The molecule has 0 amide bonds. The zero-order valence-corrected chi connectivity index (χ0v) is 12.5. The second-order valence-corrected chi connectivity index (χ2v) is 6.44. The van der Waals surface area contributed by atoms with Crippen molar-refractivity contribution in [1.82, 2.24) is 5.32 Å². The van der Waals surface area contributed by atoms with Crippen LogP contribution >= 0.6 is 0 Å². The van der Waals surface area contributed by atoms with Crippen molar-refractivity contribution in [2.45, 2.75) is 78.2 Å². The molecule has 0 aromatic carbocycles. The third-order valence-corrected chi connectivity index (χ3v) is 3.06. The van der Waals surface area contributed by atoms with Gasteiger partial charge < -0.3 is 11.1 Å². The molecule has 2 nitrogen and oxygen atoms in total. The van der Waals surface area contributed by atoms with E-state index in [0.717, 1.165) is 18.9 Å². The zero-order valence-electron chi connectivity index (χ0n) is 12.5. The van der Waals surface area contributed by atoms with Crippen molar-refractivity contribution < 1.29 is 0 Å². The summed E-state index contributed by atoms with van der Waals surface area (Å²) >= 11 is 0. The fourth-order valence-corrected chi connectivity index (χ4v) is 1.95. The lowest BCUT2D eigenvalue weighted by atomic mass is 10.0. The second-order valence-electron chi connectivity index (χ2n) is 6.44. The Balaban J connectivity index is 3.04. The van der Waals surface area contributed by atoms with Gasteiger partial charge in [-0.2, -0.15) is 0 Å². The number of rotatable bonds is 11. The van der Waals surface area contributed by atoms with Crippen molar-refractivity contribution in [2.75, 3.05) is 13.1 Å². The quantitative estimate of drug-likeness (QED) is 0.542. The Bertz CT molecular complexity index is 159. The summed E-state index contributed by atoms with van der Waals surface area (Å²) in [6.45, 7) is 11.1. The van der Waals surface area contributed by atoms with Crippen LogP contribution in [0.15, 0.2) is 0 Å². The normalized spacial score (nSPS) is 12.4. The maximum atomic E-state index is 5.93. The van der Waals surface area contributed by atoms with E-state index in [1.807, 2.05) is 0 Å². The van der Waals surface area contributed by atoms with Gasteiger partial charge in [0.1, 0.15) is 0 Å². The van der Waals surface area contributed by atoms with Crippen LogP contribution in [-0.4, -0.2) is 18.6 Å². The van der Waals surface area contributed by atoms with Crippen LogP contribution < -0.4 is 11.1 Å². The second kappa shape index (κ2) is 9.90. The first-order valence-electron chi connectivity index (χ1n) is 7.41. The Hall–Kier alpha value is -0.0800. The average molecular weight is 242 g/mol. The number of hydrogen-bond acceptors (Lipinski definition) is 2. The molecule has 0 fully saturated rings. The molecule has 0 rings (SSSR count). The van der Waals surface area contributed by atoms with Crippen molar-refractivity contribution in [3.8, 4) is 0 Å². The highest BCUT2D eigenvalue weighted by atomic mass is 14.8. The highest BCUT2D eigenvalue weighted by Crippen LogP contribution is 2.09. The topological polar surface area (TPSA) is 38.0 Å². The van der Waals surface area contributed by atoms with Crippen LogP contribution in [0.4, 0.5) is 0 Å². The van der Waals surface area contributed by atoms with E-state index in [9.17, 15) is 0 Å². The Kier molecular flexibility index (Phi) is 9.85. The first-order valence-corrected chi connectivity index (χ1v) is 7.41. The summed E-state index contributed by atoms with van der Waals surface area (Å²) in [4.78, 5) is 0.